The number of amides is 3. The van der Waals surface area contributed by atoms with Crippen LogP contribution in [0.4, 0.5) is 4.79 Å². The Bertz CT molecular complexity index is 1360. The Morgan fingerprint density at radius 2 is 1.95 bits per heavy atom. The molecule has 37 heavy (non-hydrogen) atoms. The van der Waals surface area contributed by atoms with E-state index in [1.54, 1.807) is 19.2 Å². The lowest BCUT2D eigenvalue weighted by atomic mass is 9.83. The van der Waals surface area contributed by atoms with Gasteiger partial charge < -0.3 is 29.4 Å². The quantitative estimate of drug-likeness (QED) is 0.516. The summed E-state index contributed by atoms with van der Waals surface area (Å²) in [7, 11) is 1.65. The van der Waals surface area contributed by atoms with Crippen molar-refractivity contribution in [1.29, 1.82) is 0 Å². The Morgan fingerprint density at radius 1 is 1.11 bits per heavy atom. The maximum absolute atomic E-state index is 13.2. The number of hydrogen-bond donors (Lipinski definition) is 2. The second-order valence-electron chi connectivity index (χ2n) is 10.5. The van der Waals surface area contributed by atoms with Gasteiger partial charge in [0.05, 0.1) is 7.11 Å². The molecule has 0 aliphatic carbocycles. The number of nitrogens with zero attached hydrogens (tertiary/aromatic N) is 3. The van der Waals surface area contributed by atoms with Gasteiger partial charge in [-0.15, -0.1) is 0 Å². The minimum atomic E-state index is -0.630. The maximum Gasteiger partial charge on any atom is 0.318 e. The zero-order chi connectivity index (χ0) is 26.1. The van der Waals surface area contributed by atoms with Crippen molar-refractivity contribution in [3.63, 3.8) is 0 Å². The van der Waals surface area contributed by atoms with Gasteiger partial charge in [-0.25, -0.2) is 4.79 Å². The number of ether oxygens (including phenoxy) is 1. The van der Waals surface area contributed by atoms with Gasteiger partial charge in [-0.1, -0.05) is 19.9 Å². The molecule has 1 unspecified atom stereocenters. The standard InChI is InChI=1S/C28H35N5O4/c1-18(2)26(27(35)29-10-12-31-11-9-20-14-22(37-3)7-8-23(20)31)30-28(36)32-15-19-13-21(17-32)24-5-4-6-25(34)33(24)16-19/h4-9,11,14,18-19,21,26H,10,12-13,15-17H2,1-3H3,(H,29,35)(H,30,36)/t19?,21-,26-/m0/s1. The summed E-state index contributed by atoms with van der Waals surface area (Å²) in [5, 5.41) is 7.06. The number of pyridine rings is 1. The molecule has 2 bridgehead atoms. The first kappa shape index (κ1) is 24.9. The Balaban J connectivity index is 1.18. The maximum atomic E-state index is 13.2. The largest absolute Gasteiger partial charge is 0.497 e. The number of likely N-dealkylation sites (tertiary alicyclic amines) is 1. The van der Waals surface area contributed by atoms with Crippen LogP contribution in [0.15, 0.2) is 53.5 Å². The van der Waals surface area contributed by atoms with Crippen LogP contribution in [0.5, 0.6) is 5.75 Å². The Morgan fingerprint density at radius 3 is 2.73 bits per heavy atom. The fraction of sp³-hybridized carbons (Fsp3) is 0.464. The number of carbonyl (C=O) groups is 2. The zero-order valence-electron chi connectivity index (χ0n) is 21.6. The van der Waals surface area contributed by atoms with Gasteiger partial charge in [-0.2, -0.15) is 0 Å². The first-order valence-corrected chi connectivity index (χ1v) is 13.0. The van der Waals surface area contributed by atoms with Crippen LogP contribution < -0.4 is 20.9 Å². The first-order chi connectivity index (χ1) is 17.8. The molecule has 9 nitrogen and oxygen atoms in total. The van der Waals surface area contributed by atoms with Gasteiger partial charge in [0.1, 0.15) is 11.8 Å². The topological polar surface area (TPSA) is 97.6 Å². The van der Waals surface area contributed by atoms with Crippen molar-refractivity contribution in [2.24, 2.45) is 11.8 Å². The van der Waals surface area contributed by atoms with Crippen molar-refractivity contribution in [3.05, 3.63) is 64.7 Å². The molecule has 3 aromatic rings. The van der Waals surface area contributed by atoms with Crippen molar-refractivity contribution in [2.75, 3.05) is 26.7 Å². The smallest absolute Gasteiger partial charge is 0.318 e. The van der Waals surface area contributed by atoms with Gasteiger partial charge in [0, 0.05) is 67.5 Å². The van der Waals surface area contributed by atoms with Gasteiger partial charge in [-0.05, 0) is 48.6 Å². The lowest BCUT2D eigenvalue weighted by molar-refractivity contribution is -0.124. The predicted molar refractivity (Wildman–Crippen MR) is 142 cm³/mol. The summed E-state index contributed by atoms with van der Waals surface area (Å²) in [5.74, 6) is 0.933. The Kier molecular flexibility index (Phi) is 6.95. The van der Waals surface area contributed by atoms with E-state index in [9.17, 15) is 14.4 Å². The van der Waals surface area contributed by atoms with Gasteiger partial charge >= 0.3 is 6.03 Å². The van der Waals surface area contributed by atoms with E-state index in [-0.39, 0.29) is 35.3 Å². The molecule has 9 heteroatoms. The van der Waals surface area contributed by atoms with Crippen LogP contribution >= 0.6 is 0 Å². The number of fused-ring (bicyclic) bond motifs is 5. The van der Waals surface area contributed by atoms with E-state index in [1.807, 2.05) is 59.8 Å². The van der Waals surface area contributed by atoms with E-state index < -0.39 is 6.04 Å². The molecule has 1 aromatic carbocycles. The molecule has 1 fully saturated rings. The van der Waals surface area contributed by atoms with Gasteiger partial charge in [-0.3, -0.25) is 9.59 Å². The number of urea groups is 1. The van der Waals surface area contributed by atoms with Crippen molar-refractivity contribution in [3.8, 4) is 5.75 Å². The molecule has 2 N–H and O–H groups in total. The first-order valence-electron chi connectivity index (χ1n) is 13.0. The average molecular weight is 506 g/mol. The molecule has 4 heterocycles. The number of piperidine rings is 1. The number of nitrogens with one attached hydrogen (secondary N) is 2. The lowest BCUT2D eigenvalue weighted by Crippen LogP contribution is -2.57. The van der Waals surface area contributed by atoms with Crippen LogP contribution in [0, 0.1) is 11.8 Å². The number of hydrogen-bond acceptors (Lipinski definition) is 4. The van der Waals surface area contributed by atoms with Crippen LogP contribution in [-0.4, -0.2) is 58.8 Å². The fourth-order valence-electron chi connectivity index (χ4n) is 5.73. The highest BCUT2D eigenvalue weighted by molar-refractivity contribution is 5.87. The summed E-state index contributed by atoms with van der Waals surface area (Å²) >= 11 is 0. The van der Waals surface area contributed by atoms with E-state index >= 15 is 0 Å². The molecule has 3 atom stereocenters. The zero-order valence-corrected chi connectivity index (χ0v) is 21.6. The normalized spacial score (nSPS) is 19.4. The number of rotatable bonds is 7. The molecular weight excluding hydrogens is 470 g/mol. The number of methoxy groups -OCH3 is 1. The molecule has 5 rings (SSSR count). The third-order valence-electron chi connectivity index (χ3n) is 7.63. The van der Waals surface area contributed by atoms with Gasteiger partial charge in [0.25, 0.3) is 5.56 Å². The van der Waals surface area contributed by atoms with Crippen LogP contribution in [0.1, 0.15) is 31.9 Å². The summed E-state index contributed by atoms with van der Waals surface area (Å²) in [5.41, 5.74) is 2.09. The Hall–Kier alpha value is -3.75. The molecule has 3 amide bonds. The van der Waals surface area contributed by atoms with E-state index in [2.05, 4.69) is 15.2 Å². The second kappa shape index (κ2) is 10.3. The number of aromatic nitrogens is 2. The highest BCUT2D eigenvalue weighted by Gasteiger charge is 2.37. The fourth-order valence-corrected chi connectivity index (χ4v) is 5.73. The van der Waals surface area contributed by atoms with Crippen LogP contribution in [-0.2, 0) is 17.9 Å². The molecule has 2 aromatic heterocycles. The molecule has 2 aliphatic heterocycles. The third-order valence-corrected chi connectivity index (χ3v) is 7.63. The Labute approximate surface area is 216 Å². The monoisotopic (exact) mass is 505 g/mol. The predicted octanol–water partition coefficient (Wildman–Crippen LogP) is 2.78. The summed E-state index contributed by atoms with van der Waals surface area (Å²) in [6, 6.07) is 12.5. The SMILES string of the molecule is COc1ccc2c(ccn2CCNC(=O)[C@@H](NC(=O)N2CC3C[C@@H](C2)c2cccc(=O)n2C3)C(C)C)c1. The van der Waals surface area contributed by atoms with Gasteiger partial charge in [0.15, 0.2) is 0 Å². The minimum absolute atomic E-state index is 0.0225. The summed E-state index contributed by atoms with van der Waals surface area (Å²) in [4.78, 5) is 40.4. The van der Waals surface area contributed by atoms with Crippen molar-refractivity contribution < 1.29 is 14.3 Å². The van der Waals surface area contributed by atoms with Crippen molar-refractivity contribution in [1.82, 2.24) is 24.7 Å². The molecule has 2 aliphatic rings. The highest BCUT2D eigenvalue weighted by atomic mass is 16.5. The minimum Gasteiger partial charge on any atom is -0.497 e. The van der Waals surface area contributed by atoms with Crippen LogP contribution in [0.25, 0.3) is 10.9 Å². The van der Waals surface area contributed by atoms with Crippen molar-refractivity contribution in [2.45, 2.75) is 45.3 Å². The van der Waals surface area contributed by atoms with E-state index in [0.717, 1.165) is 28.8 Å². The molecule has 0 radical (unpaired) electrons. The van der Waals surface area contributed by atoms with Crippen molar-refractivity contribution >= 4 is 22.8 Å². The molecule has 0 saturated carbocycles. The average Bonchev–Trinajstić information content (AvgIpc) is 3.29. The summed E-state index contributed by atoms with van der Waals surface area (Å²) in [6.07, 6.45) is 2.97. The molecular formula is C28H35N5O4. The highest BCUT2D eigenvalue weighted by Crippen LogP contribution is 2.35. The van der Waals surface area contributed by atoms with E-state index in [1.165, 1.54) is 0 Å². The third kappa shape index (κ3) is 5.08. The summed E-state index contributed by atoms with van der Waals surface area (Å²) < 4.78 is 9.23. The van der Waals surface area contributed by atoms with Crippen LogP contribution in [0.3, 0.4) is 0 Å². The summed E-state index contributed by atoms with van der Waals surface area (Å²) in [6.45, 7) is 6.70. The molecule has 0 spiro atoms. The van der Waals surface area contributed by atoms with Gasteiger partial charge in [0.2, 0.25) is 5.91 Å². The molecule has 1 saturated heterocycles. The number of carbonyl (C=O) groups excluding carboxylic acids is 2. The second-order valence-corrected chi connectivity index (χ2v) is 10.5. The van der Waals surface area contributed by atoms with Crippen LogP contribution in [0.2, 0.25) is 0 Å². The lowest BCUT2D eigenvalue weighted by Gasteiger charge is -2.43. The van der Waals surface area contributed by atoms with E-state index in [4.69, 9.17) is 4.74 Å². The van der Waals surface area contributed by atoms with E-state index in [0.29, 0.717) is 32.7 Å². The molecule has 196 valence electrons. The number of benzene rings is 1.